The number of aliphatic hydroxyl groups excluding tert-OH is 1. The normalized spacial score (nSPS) is 15.6. The molecule has 0 heterocycles. The van der Waals surface area contributed by atoms with Crippen molar-refractivity contribution in [2.24, 2.45) is 5.92 Å². The molecule has 0 aliphatic heterocycles. The summed E-state index contributed by atoms with van der Waals surface area (Å²) in [5.41, 5.74) is 0. The van der Waals surface area contributed by atoms with Gasteiger partial charge < -0.3 is 10.2 Å². The summed E-state index contributed by atoms with van der Waals surface area (Å²) in [5.74, 6) is -1.51. The molecule has 2 N–H and O–H groups in total. The summed E-state index contributed by atoms with van der Waals surface area (Å²) in [7, 11) is 0. The van der Waals surface area contributed by atoms with Crippen molar-refractivity contribution in [1.82, 2.24) is 0 Å². The predicted octanol–water partition coefficient (Wildman–Crippen LogP) is 1.63. The lowest BCUT2D eigenvalue weighted by Crippen LogP contribution is -2.25. The third-order valence-electron chi connectivity index (χ3n) is 1.80. The molecular weight excluding hydrogens is 224 g/mol. The zero-order chi connectivity index (χ0) is 9.56. The monoisotopic (exact) mass is 238 g/mol. The van der Waals surface area contributed by atoms with E-state index in [0.717, 1.165) is 18.2 Å². The molecule has 0 rings (SSSR count). The minimum atomic E-state index is -0.903. The van der Waals surface area contributed by atoms with Crippen LogP contribution < -0.4 is 0 Å². The average Bonchev–Trinajstić information content (AvgIpc) is 1.96. The Balaban J connectivity index is 3.72. The molecule has 4 heteroatoms. The molecule has 3 nitrogen and oxygen atoms in total. The first-order valence-electron chi connectivity index (χ1n) is 4.06. The second-order valence-electron chi connectivity index (χ2n) is 2.87. The van der Waals surface area contributed by atoms with Crippen molar-refractivity contribution in [1.29, 1.82) is 0 Å². The van der Waals surface area contributed by atoms with E-state index in [4.69, 9.17) is 10.2 Å². The summed E-state index contributed by atoms with van der Waals surface area (Å²) in [6.07, 6.45) is 1.60. The molecule has 0 fully saturated rings. The van der Waals surface area contributed by atoms with Crippen LogP contribution in [0.25, 0.3) is 0 Å². The minimum absolute atomic E-state index is 0.554. The highest BCUT2D eigenvalue weighted by Gasteiger charge is 2.21. The van der Waals surface area contributed by atoms with Crippen molar-refractivity contribution in [2.75, 3.05) is 5.33 Å². The van der Waals surface area contributed by atoms with E-state index in [1.807, 2.05) is 0 Å². The van der Waals surface area contributed by atoms with Gasteiger partial charge in [0.15, 0.2) is 0 Å². The van der Waals surface area contributed by atoms with Gasteiger partial charge in [-0.15, -0.1) is 0 Å². The third-order valence-corrected chi connectivity index (χ3v) is 2.36. The number of carbonyl (C=O) groups is 1. The Kier molecular flexibility index (Phi) is 6.38. The van der Waals surface area contributed by atoms with Crippen LogP contribution in [-0.2, 0) is 4.79 Å². The van der Waals surface area contributed by atoms with Crippen molar-refractivity contribution in [3.63, 3.8) is 0 Å². The highest BCUT2D eigenvalue weighted by atomic mass is 79.9. The number of alkyl halides is 1. The minimum Gasteiger partial charge on any atom is -0.481 e. The molecule has 0 saturated heterocycles. The van der Waals surface area contributed by atoms with Gasteiger partial charge in [-0.1, -0.05) is 22.4 Å². The zero-order valence-electron chi connectivity index (χ0n) is 7.16. The number of aliphatic hydroxyl groups is 1. The van der Waals surface area contributed by atoms with Crippen LogP contribution in [0, 0.1) is 5.92 Å². The van der Waals surface area contributed by atoms with Crippen LogP contribution in [0.15, 0.2) is 0 Å². The van der Waals surface area contributed by atoms with Crippen LogP contribution in [0.5, 0.6) is 0 Å². The Morgan fingerprint density at radius 1 is 1.50 bits per heavy atom. The van der Waals surface area contributed by atoms with Gasteiger partial charge in [-0.25, -0.2) is 0 Å². The molecule has 0 aliphatic carbocycles. The number of hydrogen-bond donors (Lipinski definition) is 2. The van der Waals surface area contributed by atoms with E-state index in [9.17, 15) is 4.79 Å². The number of hydrogen-bond acceptors (Lipinski definition) is 2. The first-order chi connectivity index (χ1) is 5.59. The lowest BCUT2D eigenvalue weighted by atomic mass is 9.97. The van der Waals surface area contributed by atoms with E-state index < -0.39 is 18.0 Å². The molecule has 0 saturated carbocycles. The quantitative estimate of drug-likeness (QED) is 0.547. The molecule has 0 bridgehead atoms. The van der Waals surface area contributed by atoms with Crippen LogP contribution in [0.2, 0.25) is 0 Å². The largest absolute Gasteiger partial charge is 0.481 e. The Labute approximate surface area is 80.9 Å². The predicted molar refractivity (Wildman–Crippen MR) is 50.5 cm³/mol. The summed E-state index contributed by atoms with van der Waals surface area (Å²) in [4.78, 5) is 10.6. The molecule has 0 spiro atoms. The van der Waals surface area contributed by atoms with E-state index in [2.05, 4.69) is 15.9 Å². The van der Waals surface area contributed by atoms with Crippen molar-refractivity contribution in [3.8, 4) is 0 Å². The molecular formula is C8H15BrO3. The van der Waals surface area contributed by atoms with Gasteiger partial charge in [-0.3, -0.25) is 4.79 Å². The van der Waals surface area contributed by atoms with E-state index in [1.165, 1.54) is 6.92 Å². The van der Waals surface area contributed by atoms with Gasteiger partial charge in [0, 0.05) is 5.33 Å². The van der Waals surface area contributed by atoms with Crippen molar-refractivity contribution < 1.29 is 15.0 Å². The summed E-state index contributed by atoms with van der Waals surface area (Å²) < 4.78 is 0. The van der Waals surface area contributed by atoms with Crippen molar-refractivity contribution in [3.05, 3.63) is 0 Å². The number of rotatable bonds is 6. The SMILES string of the molecule is CC(O)C(CCCCBr)C(=O)O. The van der Waals surface area contributed by atoms with Gasteiger partial charge >= 0.3 is 5.97 Å². The molecule has 0 amide bonds. The first-order valence-corrected chi connectivity index (χ1v) is 5.18. The van der Waals surface area contributed by atoms with E-state index in [0.29, 0.717) is 6.42 Å². The molecule has 2 atom stereocenters. The Morgan fingerprint density at radius 3 is 2.42 bits per heavy atom. The molecule has 0 aliphatic rings. The molecule has 0 aromatic carbocycles. The fourth-order valence-corrected chi connectivity index (χ4v) is 1.43. The van der Waals surface area contributed by atoms with Crippen LogP contribution in [0.1, 0.15) is 26.2 Å². The smallest absolute Gasteiger partial charge is 0.309 e. The molecule has 0 radical (unpaired) electrons. The number of halogens is 1. The lowest BCUT2D eigenvalue weighted by molar-refractivity contribution is -0.145. The summed E-state index contributed by atoms with van der Waals surface area (Å²) >= 11 is 3.26. The first kappa shape index (κ1) is 11.9. The standard InChI is InChI=1S/C8H15BrO3/c1-6(10)7(8(11)12)4-2-3-5-9/h6-7,10H,2-5H2,1H3,(H,11,12). The van der Waals surface area contributed by atoms with Crippen molar-refractivity contribution >= 4 is 21.9 Å². The van der Waals surface area contributed by atoms with Crippen LogP contribution in [-0.4, -0.2) is 27.6 Å². The number of unbranched alkanes of at least 4 members (excludes halogenated alkanes) is 1. The molecule has 12 heavy (non-hydrogen) atoms. The highest BCUT2D eigenvalue weighted by Crippen LogP contribution is 2.13. The van der Waals surface area contributed by atoms with Crippen LogP contribution in [0.4, 0.5) is 0 Å². The third kappa shape index (κ3) is 4.72. The fraction of sp³-hybridized carbons (Fsp3) is 0.875. The van der Waals surface area contributed by atoms with Crippen LogP contribution >= 0.6 is 15.9 Å². The molecule has 72 valence electrons. The fourth-order valence-electron chi connectivity index (χ4n) is 1.03. The summed E-state index contributed by atoms with van der Waals surface area (Å²) in [6, 6.07) is 0. The second-order valence-corrected chi connectivity index (χ2v) is 3.66. The molecule has 0 aromatic heterocycles. The summed E-state index contributed by atoms with van der Waals surface area (Å²) in [6.45, 7) is 1.52. The average molecular weight is 239 g/mol. The van der Waals surface area contributed by atoms with Gasteiger partial charge in [0.05, 0.1) is 12.0 Å². The maximum atomic E-state index is 10.6. The molecule has 2 unspecified atom stereocenters. The van der Waals surface area contributed by atoms with Gasteiger partial charge in [0.1, 0.15) is 0 Å². The number of carboxylic acids is 1. The van der Waals surface area contributed by atoms with Gasteiger partial charge in [0.25, 0.3) is 0 Å². The second kappa shape index (κ2) is 6.43. The zero-order valence-corrected chi connectivity index (χ0v) is 8.75. The van der Waals surface area contributed by atoms with Gasteiger partial charge in [-0.2, -0.15) is 0 Å². The van der Waals surface area contributed by atoms with Crippen molar-refractivity contribution in [2.45, 2.75) is 32.3 Å². The number of aliphatic carboxylic acids is 1. The van der Waals surface area contributed by atoms with E-state index >= 15 is 0 Å². The Morgan fingerprint density at radius 2 is 2.08 bits per heavy atom. The van der Waals surface area contributed by atoms with Gasteiger partial charge in [-0.05, 0) is 19.8 Å². The Bertz CT molecular complexity index is 136. The van der Waals surface area contributed by atoms with Gasteiger partial charge in [0.2, 0.25) is 0 Å². The number of carboxylic acid groups (broad SMARTS) is 1. The lowest BCUT2D eigenvalue weighted by Gasteiger charge is -2.14. The van der Waals surface area contributed by atoms with Crippen LogP contribution in [0.3, 0.4) is 0 Å². The topological polar surface area (TPSA) is 57.5 Å². The molecule has 0 aromatic rings. The Hall–Kier alpha value is -0.0900. The van der Waals surface area contributed by atoms with E-state index in [-0.39, 0.29) is 0 Å². The highest BCUT2D eigenvalue weighted by molar-refractivity contribution is 9.09. The maximum Gasteiger partial charge on any atom is 0.309 e. The van der Waals surface area contributed by atoms with E-state index in [1.54, 1.807) is 0 Å². The summed E-state index contributed by atoms with van der Waals surface area (Å²) in [5, 5.41) is 18.6. The maximum absolute atomic E-state index is 10.6.